The van der Waals surface area contributed by atoms with Crippen LogP contribution in [0.3, 0.4) is 0 Å². The normalized spacial score (nSPS) is 16.0. The Labute approximate surface area is 132 Å². The Morgan fingerprint density at radius 2 is 2.00 bits per heavy atom. The second kappa shape index (κ2) is 6.46. The number of nitrogens with one attached hydrogen (secondary N) is 1. The molecular weight excluding hydrogens is 307 g/mol. The number of hydrogen-bond acceptors (Lipinski definition) is 4. The number of hydrogen-bond donors (Lipinski definition) is 1. The third-order valence-electron chi connectivity index (χ3n) is 3.77. The van der Waals surface area contributed by atoms with E-state index in [0.29, 0.717) is 17.4 Å². The van der Waals surface area contributed by atoms with Gasteiger partial charge in [0.2, 0.25) is 0 Å². The average molecular weight is 323 g/mol. The van der Waals surface area contributed by atoms with Crippen LogP contribution < -0.4 is 10.5 Å². The van der Waals surface area contributed by atoms with Crippen molar-refractivity contribution < 1.29 is 4.39 Å². The predicted molar refractivity (Wildman–Crippen MR) is 83.8 cm³/mol. The smallest absolute Gasteiger partial charge is 0.252 e. The van der Waals surface area contributed by atoms with Gasteiger partial charge in [-0.2, -0.15) is 0 Å². The van der Waals surface area contributed by atoms with E-state index in [9.17, 15) is 9.18 Å². The standard InChI is InChI=1S/C15H16ClFN4O/c16-13-7-12(17)2-1-11(13)9-20-3-5-21(6-4-20)14-8-15(22)19-10-18-14/h1-2,7-8,10H,3-6,9H2,(H,18,19,22). The number of piperazine rings is 1. The third-order valence-corrected chi connectivity index (χ3v) is 4.12. The maximum atomic E-state index is 13.1. The molecule has 0 atom stereocenters. The fourth-order valence-electron chi connectivity index (χ4n) is 2.56. The summed E-state index contributed by atoms with van der Waals surface area (Å²) in [5.41, 5.74) is 0.774. The van der Waals surface area contributed by atoms with Crippen LogP contribution >= 0.6 is 11.6 Å². The van der Waals surface area contributed by atoms with E-state index in [1.165, 1.54) is 24.5 Å². The molecule has 1 saturated heterocycles. The van der Waals surface area contributed by atoms with Crippen molar-refractivity contribution in [1.82, 2.24) is 14.9 Å². The van der Waals surface area contributed by atoms with E-state index >= 15 is 0 Å². The van der Waals surface area contributed by atoms with Gasteiger partial charge in [-0.25, -0.2) is 9.37 Å². The first-order chi connectivity index (χ1) is 10.6. The zero-order valence-electron chi connectivity index (χ0n) is 11.9. The van der Waals surface area contributed by atoms with Gasteiger partial charge in [0.25, 0.3) is 5.56 Å². The van der Waals surface area contributed by atoms with Gasteiger partial charge in [0.05, 0.1) is 6.33 Å². The third kappa shape index (κ3) is 3.45. The summed E-state index contributed by atoms with van der Waals surface area (Å²) in [5, 5.41) is 0.457. The van der Waals surface area contributed by atoms with Crippen LogP contribution in [0.1, 0.15) is 5.56 Å². The van der Waals surface area contributed by atoms with E-state index in [-0.39, 0.29) is 11.4 Å². The Kier molecular flexibility index (Phi) is 4.40. The fraction of sp³-hybridized carbons (Fsp3) is 0.333. The van der Waals surface area contributed by atoms with Crippen molar-refractivity contribution in [3.8, 4) is 0 Å². The van der Waals surface area contributed by atoms with Crippen molar-refractivity contribution >= 4 is 17.4 Å². The highest BCUT2D eigenvalue weighted by Gasteiger charge is 2.19. The molecule has 1 aliphatic rings. The SMILES string of the molecule is O=c1cc(N2CCN(Cc3ccc(F)cc3Cl)CC2)nc[nH]1. The van der Waals surface area contributed by atoms with Gasteiger partial charge >= 0.3 is 0 Å². The summed E-state index contributed by atoms with van der Waals surface area (Å²) in [6, 6.07) is 6.00. The van der Waals surface area contributed by atoms with Crippen molar-refractivity contribution in [3.05, 3.63) is 57.3 Å². The van der Waals surface area contributed by atoms with Gasteiger partial charge in [-0.1, -0.05) is 17.7 Å². The largest absolute Gasteiger partial charge is 0.354 e. The Balaban J connectivity index is 1.61. The van der Waals surface area contributed by atoms with Crippen LogP contribution in [-0.4, -0.2) is 41.0 Å². The molecule has 1 aliphatic heterocycles. The molecule has 0 amide bonds. The number of halogens is 2. The van der Waals surface area contributed by atoms with Gasteiger partial charge in [0.15, 0.2) is 0 Å². The topological polar surface area (TPSA) is 52.2 Å². The molecule has 0 bridgehead atoms. The van der Waals surface area contributed by atoms with Crippen LogP contribution in [0.2, 0.25) is 5.02 Å². The van der Waals surface area contributed by atoms with E-state index in [1.54, 1.807) is 6.07 Å². The quantitative estimate of drug-likeness (QED) is 0.937. The number of anilines is 1. The van der Waals surface area contributed by atoms with E-state index in [4.69, 9.17) is 11.6 Å². The number of aromatic nitrogens is 2. The van der Waals surface area contributed by atoms with Crippen LogP contribution in [0.25, 0.3) is 0 Å². The van der Waals surface area contributed by atoms with Crippen molar-refractivity contribution in [3.63, 3.8) is 0 Å². The lowest BCUT2D eigenvalue weighted by Crippen LogP contribution is -2.46. The van der Waals surface area contributed by atoms with E-state index < -0.39 is 0 Å². The number of nitrogens with zero attached hydrogens (tertiary/aromatic N) is 3. The summed E-state index contributed by atoms with van der Waals surface area (Å²) in [7, 11) is 0. The molecule has 22 heavy (non-hydrogen) atoms. The predicted octanol–water partition coefficient (Wildman–Crippen LogP) is 1.88. The van der Waals surface area contributed by atoms with Crippen LogP contribution in [-0.2, 0) is 6.54 Å². The molecule has 5 nitrogen and oxygen atoms in total. The van der Waals surface area contributed by atoms with Gasteiger partial charge < -0.3 is 9.88 Å². The summed E-state index contributed by atoms with van der Waals surface area (Å²) >= 11 is 6.07. The zero-order valence-corrected chi connectivity index (χ0v) is 12.7. The lowest BCUT2D eigenvalue weighted by Gasteiger charge is -2.35. The Morgan fingerprint density at radius 3 is 2.68 bits per heavy atom. The lowest BCUT2D eigenvalue weighted by molar-refractivity contribution is 0.249. The van der Waals surface area contributed by atoms with Crippen molar-refractivity contribution in [2.75, 3.05) is 31.1 Å². The van der Waals surface area contributed by atoms with E-state index in [0.717, 1.165) is 31.7 Å². The first-order valence-corrected chi connectivity index (χ1v) is 7.45. The minimum atomic E-state index is -0.320. The molecule has 1 N–H and O–H groups in total. The second-order valence-electron chi connectivity index (χ2n) is 5.27. The van der Waals surface area contributed by atoms with Gasteiger partial charge in [0, 0.05) is 43.8 Å². The summed E-state index contributed by atoms with van der Waals surface area (Å²) in [4.78, 5) is 22.4. The second-order valence-corrected chi connectivity index (χ2v) is 5.68. The fourth-order valence-corrected chi connectivity index (χ4v) is 2.78. The highest BCUT2D eigenvalue weighted by Crippen LogP contribution is 2.20. The number of benzene rings is 1. The van der Waals surface area contributed by atoms with Gasteiger partial charge in [0.1, 0.15) is 11.6 Å². The van der Waals surface area contributed by atoms with Crippen LogP contribution in [0.5, 0.6) is 0 Å². The summed E-state index contributed by atoms with van der Waals surface area (Å²) < 4.78 is 13.1. The molecule has 0 saturated carbocycles. The molecule has 0 unspecified atom stereocenters. The van der Waals surface area contributed by atoms with Crippen LogP contribution in [0, 0.1) is 5.82 Å². The minimum Gasteiger partial charge on any atom is -0.354 e. The zero-order chi connectivity index (χ0) is 15.5. The first kappa shape index (κ1) is 15.0. The molecule has 1 fully saturated rings. The molecule has 1 aromatic heterocycles. The highest BCUT2D eigenvalue weighted by atomic mass is 35.5. The summed E-state index contributed by atoms with van der Waals surface area (Å²) in [6.45, 7) is 3.94. The molecule has 7 heteroatoms. The van der Waals surface area contributed by atoms with Crippen LogP contribution in [0.4, 0.5) is 10.2 Å². The summed E-state index contributed by atoms with van der Waals surface area (Å²) in [6.07, 6.45) is 1.42. The molecule has 2 aromatic rings. The maximum Gasteiger partial charge on any atom is 0.252 e. The van der Waals surface area contributed by atoms with E-state index in [2.05, 4.69) is 19.8 Å². The monoisotopic (exact) mass is 322 g/mol. The molecule has 2 heterocycles. The molecule has 0 spiro atoms. The van der Waals surface area contributed by atoms with Crippen molar-refractivity contribution in [2.24, 2.45) is 0 Å². The van der Waals surface area contributed by atoms with Crippen LogP contribution in [0.15, 0.2) is 35.4 Å². The molecule has 0 radical (unpaired) electrons. The van der Waals surface area contributed by atoms with Gasteiger partial charge in [-0.15, -0.1) is 0 Å². The van der Waals surface area contributed by atoms with Crippen molar-refractivity contribution in [2.45, 2.75) is 6.54 Å². The minimum absolute atomic E-state index is 0.148. The lowest BCUT2D eigenvalue weighted by atomic mass is 10.2. The van der Waals surface area contributed by atoms with Gasteiger partial charge in [-0.3, -0.25) is 9.69 Å². The molecule has 116 valence electrons. The maximum absolute atomic E-state index is 13.1. The Morgan fingerprint density at radius 1 is 1.23 bits per heavy atom. The molecule has 1 aromatic carbocycles. The number of aromatic amines is 1. The van der Waals surface area contributed by atoms with Crippen molar-refractivity contribution in [1.29, 1.82) is 0 Å². The number of H-pyrrole nitrogens is 1. The molecule has 0 aliphatic carbocycles. The molecular formula is C15H16ClFN4O. The van der Waals surface area contributed by atoms with Gasteiger partial charge in [-0.05, 0) is 17.7 Å². The Bertz CT molecular complexity index is 713. The first-order valence-electron chi connectivity index (χ1n) is 7.08. The highest BCUT2D eigenvalue weighted by molar-refractivity contribution is 6.31. The molecule has 3 rings (SSSR count). The summed E-state index contributed by atoms with van der Waals surface area (Å²) in [5.74, 6) is 0.377. The Hall–Kier alpha value is -1.92. The number of rotatable bonds is 3. The van der Waals surface area contributed by atoms with E-state index in [1.807, 2.05) is 0 Å². The average Bonchev–Trinajstić information content (AvgIpc) is 2.51.